The van der Waals surface area contributed by atoms with Crippen molar-refractivity contribution in [1.82, 2.24) is 19.4 Å². The second kappa shape index (κ2) is 7.76. The number of para-hydroxylation sites is 2. The number of carbonyl (C=O) groups is 3. The number of ether oxygens (including phenoxy) is 1. The van der Waals surface area contributed by atoms with E-state index in [0.717, 1.165) is 0 Å². The van der Waals surface area contributed by atoms with Crippen LogP contribution in [0.25, 0.3) is 10.9 Å². The zero-order valence-electron chi connectivity index (χ0n) is 22.6. The molecule has 3 aliphatic heterocycles. The van der Waals surface area contributed by atoms with Crippen molar-refractivity contribution in [3.05, 3.63) is 70.3 Å². The van der Waals surface area contributed by atoms with Crippen LogP contribution in [0.3, 0.4) is 0 Å². The van der Waals surface area contributed by atoms with Crippen molar-refractivity contribution >= 4 is 34.3 Å². The molecule has 1 spiro atoms. The zero-order valence-corrected chi connectivity index (χ0v) is 22.6. The number of anilines is 1. The average molecular weight is 544 g/mol. The first-order valence-corrected chi connectivity index (χ1v) is 13.3. The monoisotopic (exact) mass is 543 g/mol. The highest BCUT2D eigenvalue weighted by atomic mass is 16.5. The molecule has 0 radical (unpaired) electrons. The predicted molar refractivity (Wildman–Crippen MR) is 143 cm³/mol. The summed E-state index contributed by atoms with van der Waals surface area (Å²) in [5, 5.41) is 13.0. The molecule has 40 heavy (non-hydrogen) atoms. The fourth-order valence-electron chi connectivity index (χ4n) is 7.07. The van der Waals surface area contributed by atoms with E-state index in [1.807, 2.05) is 0 Å². The number of amides is 3. The number of aromatic nitrogens is 2. The fourth-order valence-corrected chi connectivity index (χ4v) is 7.07. The van der Waals surface area contributed by atoms with E-state index in [2.05, 4.69) is 0 Å². The number of hydrogen-bond donors (Lipinski definition) is 1. The Morgan fingerprint density at radius 1 is 1.10 bits per heavy atom. The summed E-state index contributed by atoms with van der Waals surface area (Å²) in [6.07, 6.45) is -0.314. The third-order valence-electron chi connectivity index (χ3n) is 9.38. The van der Waals surface area contributed by atoms with Gasteiger partial charge >= 0.3 is 0 Å². The molecule has 1 saturated carbocycles. The van der Waals surface area contributed by atoms with Crippen LogP contribution in [0.2, 0.25) is 0 Å². The van der Waals surface area contributed by atoms with Gasteiger partial charge < -0.3 is 19.6 Å². The van der Waals surface area contributed by atoms with E-state index in [0.29, 0.717) is 35.0 Å². The molecule has 1 N–H and O–H groups in total. The normalized spacial score (nSPS) is 29.7. The van der Waals surface area contributed by atoms with Gasteiger partial charge in [-0.25, -0.2) is 4.98 Å². The Hall–Kier alpha value is -4.09. The lowest BCUT2D eigenvalue weighted by Crippen LogP contribution is -2.60. The fraction of sp³-hybridized carbons (Fsp3) is 0.414. The second-order valence-corrected chi connectivity index (χ2v) is 11.3. The van der Waals surface area contributed by atoms with Gasteiger partial charge in [0.2, 0.25) is 11.8 Å². The topological polar surface area (TPSA) is 125 Å². The van der Waals surface area contributed by atoms with Gasteiger partial charge in [-0.1, -0.05) is 30.3 Å². The third-order valence-corrected chi connectivity index (χ3v) is 9.38. The van der Waals surface area contributed by atoms with Crippen LogP contribution in [-0.2, 0) is 30.4 Å². The van der Waals surface area contributed by atoms with Crippen LogP contribution in [0, 0.1) is 0 Å². The van der Waals surface area contributed by atoms with Crippen LogP contribution in [0.15, 0.2) is 53.3 Å². The van der Waals surface area contributed by atoms with Crippen LogP contribution in [-0.4, -0.2) is 68.0 Å². The van der Waals surface area contributed by atoms with E-state index in [1.165, 1.54) is 33.3 Å². The Morgan fingerprint density at radius 2 is 1.77 bits per heavy atom. The molecule has 1 aliphatic carbocycles. The number of nitrogens with zero attached hydrogens (tertiary/aromatic N) is 5. The summed E-state index contributed by atoms with van der Waals surface area (Å²) in [4.78, 5) is 64.0. The molecule has 4 unspecified atom stereocenters. The van der Waals surface area contributed by atoms with Crippen LogP contribution >= 0.6 is 0 Å². The summed E-state index contributed by atoms with van der Waals surface area (Å²) in [6, 6.07) is 12.6. The second-order valence-electron chi connectivity index (χ2n) is 11.3. The zero-order chi connectivity index (χ0) is 28.4. The molecule has 11 nitrogen and oxygen atoms in total. The molecule has 2 fully saturated rings. The van der Waals surface area contributed by atoms with Crippen molar-refractivity contribution in [2.45, 2.75) is 62.2 Å². The van der Waals surface area contributed by atoms with Gasteiger partial charge in [-0.3, -0.25) is 28.6 Å². The molecule has 1 saturated heterocycles. The summed E-state index contributed by atoms with van der Waals surface area (Å²) in [7, 11) is 3.02. The molecule has 4 heterocycles. The van der Waals surface area contributed by atoms with Crippen molar-refractivity contribution in [1.29, 1.82) is 0 Å². The van der Waals surface area contributed by atoms with Crippen molar-refractivity contribution in [2.24, 2.45) is 0 Å². The van der Waals surface area contributed by atoms with E-state index in [9.17, 15) is 24.3 Å². The Labute approximate surface area is 229 Å². The van der Waals surface area contributed by atoms with Crippen molar-refractivity contribution in [3.8, 4) is 0 Å². The average Bonchev–Trinajstić information content (AvgIpc) is 3.65. The van der Waals surface area contributed by atoms with Gasteiger partial charge in [0, 0.05) is 33.1 Å². The number of benzene rings is 2. The molecule has 7 rings (SSSR count). The molecule has 3 aromatic rings. The lowest BCUT2D eigenvalue weighted by atomic mass is 9.84. The number of methoxy groups -OCH3 is 1. The van der Waals surface area contributed by atoms with Gasteiger partial charge in [0.05, 0.1) is 16.6 Å². The minimum absolute atomic E-state index is 0.224. The lowest BCUT2D eigenvalue weighted by Gasteiger charge is -2.46. The number of aliphatic hydroxyl groups is 1. The smallest absolute Gasteiger partial charge is 0.262 e. The lowest BCUT2D eigenvalue weighted by molar-refractivity contribution is -0.180. The van der Waals surface area contributed by atoms with Crippen LogP contribution in [0.4, 0.5) is 5.69 Å². The van der Waals surface area contributed by atoms with E-state index in [4.69, 9.17) is 9.72 Å². The summed E-state index contributed by atoms with van der Waals surface area (Å²) >= 11 is 0. The van der Waals surface area contributed by atoms with Gasteiger partial charge in [-0.2, -0.15) is 0 Å². The van der Waals surface area contributed by atoms with Crippen LogP contribution in [0.1, 0.15) is 50.5 Å². The predicted octanol–water partition coefficient (Wildman–Crippen LogP) is 1.57. The molecule has 206 valence electrons. The van der Waals surface area contributed by atoms with Crippen molar-refractivity contribution < 1.29 is 24.2 Å². The van der Waals surface area contributed by atoms with Gasteiger partial charge in [-0.15, -0.1) is 0 Å². The molecule has 4 atom stereocenters. The summed E-state index contributed by atoms with van der Waals surface area (Å²) in [5.41, 5.74) is -3.26. The number of rotatable bonds is 3. The molecular weight excluding hydrogens is 514 g/mol. The van der Waals surface area contributed by atoms with Gasteiger partial charge in [0.15, 0.2) is 11.5 Å². The standard InChI is InChI=1S/C29H29N5O6/c1-16(35)34-25-29(39,18-10-6-8-12-20(18)33(25)26(38)28(34)13-14-28)15-21-23(37)31(3)27(2,40-4)24-30-19-11-7-5-9-17(19)22(36)32(21)24/h5-12,21,25,39H,13-15H2,1-4H3. The minimum atomic E-state index is -1.85. The maximum atomic E-state index is 14.1. The SMILES string of the molecule is COC1(C)c2nc3ccccc3c(=O)n2C(CC2(O)c3ccccc3N3C(=O)C4(CC4)N(C(C)=O)C32)C(=O)N1C. The highest BCUT2D eigenvalue weighted by Crippen LogP contribution is 2.60. The largest absolute Gasteiger partial charge is 0.381 e. The molecule has 0 bridgehead atoms. The first-order valence-electron chi connectivity index (χ1n) is 13.3. The highest BCUT2D eigenvalue weighted by molar-refractivity contribution is 6.10. The molecule has 3 amide bonds. The van der Waals surface area contributed by atoms with Crippen molar-refractivity contribution in [2.75, 3.05) is 19.1 Å². The maximum Gasteiger partial charge on any atom is 0.262 e. The first kappa shape index (κ1) is 24.9. The summed E-state index contributed by atoms with van der Waals surface area (Å²) < 4.78 is 7.09. The molecule has 4 aliphatic rings. The highest BCUT2D eigenvalue weighted by Gasteiger charge is 2.73. The Morgan fingerprint density at radius 3 is 2.45 bits per heavy atom. The van der Waals surface area contributed by atoms with Gasteiger partial charge in [0.1, 0.15) is 23.3 Å². The molecule has 11 heteroatoms. The van der Waals surface area contributed by atoms with Crippen molar-refractivity contribution in [3.63, 3.8) is 0 Å². The Bertz CT molecular complexity index is 1710. The number of carbonyl (C=O) groups excluding carboxylic acids is 3. The Balaban J connectivity index is 1.46. The number of likely N-dealkylation sites (N-methyl/N-ethyl adjacent to an activating group) is 1. The van der Waals surface area contributed by atoms with E-state index >= 15 is 0 Å². The first-order chi connectivity index (χ1) is 19.0. The molecule has 2 aromatic carbocycles. The summed E-state index contributed by atoms with van der Waals surface area (Å²) in [6.45, 7) is 3.05. The molecular formula is C29H29N5O6. The minimum Gasteiger partial charge on any atom is -0.381 e. The quantitative estimate of drug-likeness (QED) is 0.532. The third kappa shape index (κ3) is 2.78. The van der Waals surface area contributed by atoms with E-state index < -0.39 is 40.5 Å². The van der Waals surface area contributed by atoms with Gasteiger partial charge in [-0.05, 0) is 38.0 Å². The van der Waals surface area contributed by atoms with Crippen LogP contribution in [0.5, 0.6) is 0 Å². The van der Waals surface area contributed by atoms with Gasteiger partial charge in [0.25, 0.3) is 11.5 Å². The Kier molecular flexibility index (Phi) is 4.84. The summed E-state index contributed by atoms with van der Waals surface area (Å²) in [5.74, 6) is -0.809. The molecule has 1 aromatic heterocycles. The number of fused-ring (bicyclic) bond motifs is 5. The van der Waals surface area contributed by atoms with E-state index in [1.54, 1.807) is 62.5 Å². The number of hydrogen-bond acceptors (Lipinski definition) is 7. The maximum absolute atomic E-state index is 14.1. The van der Waals surface area contributed by atoms with Crippen LogP contribution < -0.4 is 10.5 Å². The van der Waals surface area contributed by atoms with E-state index in [-0.39, 0.29) is 24.1 Å².